The first-order chi connectivity index (χ1) is 25.7. The second kappa shape index (κ2) is 16.8. The molecule has 0 bridgehead atoms. The van der Waals surface area contributed by atoms with Gasteiger partial charge < -0.3 is 4.74 Å². The van der Waals surface area contributed by atoms with Crippen LogP contribution in [0.15, 0.2) is 144 Å². The van der Waals surface area contributed by atoms with E-state index >= 15 is 0 Å². The number of nitrogens with zero attached hydrogens (tertiary/aromatic N) is 6. The molecule has 0 amide bonds. The lowest BCUT2D eigenvalue weighted by molar-refractivity contribution is 0.414. The molecule has 2 aromatic heterocycles. The summed E-state index contributed by atoms with van der Waals surface area (Å²) >= 11 is 0. The maximum atomic E-state index is 12.8. The summed E-state index contributed by atoms with van der Waals surface area (Å²) in [7, 11) is -6.01. The van der Waals surface area contributed by atoms with Crippen molar-refractivity contribution >= 4 is 30.8 Å². The van der Waals surface area contributed by atoms with E-state index in [4.69, 9.17) is 4.74 Å². The number of benzene rings is 5. The van der Waals surface area contributed by atoms with Crippen molar-refractivity contribution in [2.45, 2.75) is 55.2 Å². The number of ether oxygens (including phenoxy) is 1. The highest BCUT2D eigenvalue weighted by Crippen LogP contribution is 2.23. The van der Waals surface area contributed by atoms with Gasteiger partial charge in [-0.15, -0.1) is 18.4 Å². The Morgan fingerprint density at radius 3 is 1.92 bits per heavy atom. The van der Waals surface area contributed by atoms with E-state index in [1.54, 1.807) is 30.3 Å². The average Bonchev–Trinajstić information content (AvgIpc) is 3.90. The van der Waals surface area contributed by atoms with Crippen LogP contribution in [0.5, 0.6) is 5.75 Å². The van der Waals surface area contributed by atoms with E-state index in [-0.39, 0.29) is 9.79 Å². The van der Waals surface area contributed by atoms with Crippen LogP contribution in [0.3, 0.4) is 0 Å². The van der Waals surface area contributed by atoms with Crippen molar-refractivity contribution in [2.24, 2.45) is 0 Å². The summed E-state index contributed by atoms with van der Waals surface area (Å²) in [4.78, 5) is 0.335. The van der Waals surface area contributed by atoms with Crippen LogP contribution in [0.25, 0.3) is 22.0 Å². The molecule has 0 aliphatic heterocycles. The van der Waals surface area contributed by atoms with E-state index in [1.165, 1.54) is 62.0 Å². The molecule has 7 rings (SSSR count). The normalized spacial score (nSPS) is 11.6. The van der Waals surface area contributed by atoms with E-state index in [1.807, 2.05) is 66.7 Å². The molecule has 0 saturated carbocycles. The third-order valence-electron chi connectivity index (χ3n) is 8.69. The third-order valence-corrected chi connectivity index (χ3v) is 11.8. The Balaban J connectivity index is 0.000000181. The first kappa shape index (κ1) is 37.1. The Kier molecular flexibility index (Phi) is 11.8. The van der Waals surface area contributed by atoms with Crippen LogP contribution in [-0.2, 0) is 39.3 Å². The van der Waals surface area contributed by atoms with Crippen molar-refractivity contribution in [3.05, 3.63) is 151 Å². The van der Waals surface area contributed by atoms with Gasteiger partial charge in [-0.25, -0.2) is 0 Å². The van der Waals surface area contributed by atoms with Crippen LogP contribution in [0.4, 0.5) is 0 Å². The molecule has 5 aromatic carbocycles. The molecule has 11 nitrogen and oxygen atoms in total. The zero-order chi connectivity index (χ0) is 37.3. The van der Waals surface area contributed by atoms with E-state index < -0.39 is 20.0 Å². The number of unbranched alkanes of at least 4 members (excludes halogenated alkanes) is 2. The maximum absolute atomic E-state index is 12.8. The number of fused-ring (bicyclic) bond motifs is 1. The van der Waals surface area contributed by atoms with Gasteiger partial charge >= 0.3 is 0 Å². The van der Waals surface area contributed by atoms with Crippen LogP contribution >= 0.6 is 0 Å². The molecule has 53 heavy (non-hydrogen) atoms. The predicted octanol–water partition coefficient (Wildman–Crippen LogP) is 7.38. The van der Waals surface area contributed by atoms with E-state index in [9.17, 15) is 16.8 Å². The minimum absolute atomic E-state index is 0.131. The predicted molar refractivity (Wildman–Crippen MR) is 205 cm³/mol. The second-order valence-electron chi connectivity index (χ2n) is 12.4. The molecular weight excluding hydrogens is 709 g/mol. The Labute approximate surface area is 310 Å². The molecule has 0 aliphatic carbocycles. The molecular formula is C40H40N6O5S2. The number of methoxy groups -OCH3 is 1. The van der Waals surface area contributed by atoms with Gasteiger partial charge in [0.15, 0.2) is 0 Å². The Morgan fingerprint density at radius 1 is 0.585 bits per heavy atom. The molecule has 0 fully saturated rings. The number of hydrogen-bond acceptors (Lipinski definition) is 9. The second-order valence-corrected chi connectivity index (χ2v) is 16.0. The molecule has 0 N–H and O–H groups in total. The number of aromatic nitrogens is 6. The standard InChI is InChI=1S/C20H23N3O3S.C20H17N3O2S/c1-3-4-5-6-16-7-9-17(10-8-16)20-15-23(22-21-20)27(24,25)19-13-11-18(26-2)12-14-19;24-26(25,20-13-11-17-8-4-5-9-18(17)14-20)23-15-19(21-22-23)12-10-16-6-2-1-3-7-16/h7-15H,3-6H2,1-2H3;1-9,11,13-15H,10,12H2. The summed E-state index contributed by atoms with van der Waals surface area (Å²) in [6.07, 6.45) is 8.99. The summed E-state index contributed by atoms with van der Waals surface area (Å²) in [5, 5.41) is 17.6. The van der Waals surface area contributed by atoms with Crippen molar-refractivity contribution in [3.8, 4) is 17.0 Å². The fourth-order valence-electron chi connectivity index (χ4n) is 5.64. The SMILES string of the molecule is CCCCCc1ccc(-c2cn(S(=O)(=O)c3ccc(OC)cc3)nn2)cc1.O=S(=O)(c1ccc2ccccc2c1)n1cc(CCc2ccccc2)nn1. The summed E-state index contributed by atoms with van der Waals surface area (Å²) in [5.74, 6) is 0.590. The lowest BCUT2D eigenvalue weighted by atomic mass is 10.0. The fourth-order valence-corrected chi connectivity index (χ4v) is 7.83. The highest BCUT2D eigenvalue weighted by atomic mass is 32.2. The largest absolute Gasteiger partial charge is 0.497 e. The van der Waals surface area contributed by atoms with Gasteiger partial charge in [0.05, 0.1) is 35.0 Å². The zero-order valence-corrected chi connectivity index (χ0v) is 31.1. The van der Waals surface area contributed by atoms with Gasteiger partial charge in [0, 0.05) is 5.56 Å². The van der Waals surface area contributed by atoms with Crippen molar-refractivity contribution < 1.29 is 21.6 Å². The van der Waals surface area contributed by atoms with Crippen LogP contribution in [-0.4, -0.2) is 52.7 Å². The smallest absolute Gasteiger partial charge is 0.284 e. The van der Waals surface area contributed by atoms with Crippen molar-refractivity contribution in [1.82, 2.24) is 28.8 Å². The Morgan fingerprint density at radius 2 is 1.21 bits per heavy atom. The highest BCUT2D eigenvalue weighted by Gasteiger charge is 2.21. The Hall–Kier alpha value is -5.66. The van der Waals surface area contributed by atoms with Crippen molar-refractivity contribution in [1.29, 1.82) is 0 Å². The fraction of sp³-hybridized carbons (Fsp3) is 0.200. The number of rotatable bonds is 13. The zero-order valence-electron chi connectivity index (χ0n) is 29.5. The molecule has 0 radical (unpaired) electrons. The van der Waals surface area contributed by atoms with Gasteiger partial charge in [-0.2, -0.15) is 16.8 Å². The molecule has 0 spiro atoms. The summed E-state index contributed by atoms with van der Waals surface area (Å²) in [6.45, 7) is 2.19. The average molecular weight is 749 g/mol. The van der Waals surface area contributed by atoms with Crippen LogP contribution in [0.1, 0.15) is 43.0 Å². The number of hydrogen-bond donors (Lipinski definition) is 0. The van der Waals surface area contributed by atoms with Gasteiger partial charge in [0.2, 0.25) is 0 Å². The lowest BCUT2D eigenvalue weighted by Crippen LogP contribution is -2.13. The first-order valence-corrected chi connectivity index (χ1v) is 20.2. The minimum Gasteiger partial charge on any atom is -0.497 e. The monoisotopic (exact) mass is 748 g/mol. The van der Waals surface area contributed by atoms with Crippen LogP contribution < -0.4 is 4.74 Å². The topological polar surface area (TPSA) is 139 Å². The third kappa shape index (κ3) is 9.05. The lowest BCUT2D eigenvalue weighted by Gasteiger charge is -2.05. The molecule has 0 saturated heterocycles. The summed E-state index contributed by atoms with van der Waals surface area (Å²) < 4.78 is 58.0. The highest BCUT2D eigenvalue weighted by molar-refractivity contribution is 7.90. The molecule has 272 valence electrons. The number of aryl methyl sites for hydroxylation is 3. The molecule has 7 aromatic rings. The van der Waals surface area contributed by atoms with Crippen molar-refractivity contribution in [3.63, 3.8) is 0 Å². The minimum atomic E-state index is -3.79. The molecule has 0 unspecified atom stereocenters. The van der Waals surface area contributed by atoms with E-state index in [0.29, 0.717) is 23.6 Å². The summed E-state index contributed by atoms with van der Waals surface area (Å²) in [6, 6.07) is 36.9. The van der Waals surface area contributed by atoms with Gasteiger partial charge in [-0.1, -0.05) is 115 Å². The van der Waals surface area contributed by atoms with Gasteiger partial charge in [-0.3, -0.25) is 0 Å². The molecule has 13 heteroatoms. The van der Waals surface area contributed by atoms with E-state index in [0.717, 1.165) is 37.4 Å². The molecule has 0 aliphatic rings. The first-order valence-electron chi connectivity index (χ1n) is 17.3. The molecule has 2 heterocycles. The van der Waals surface area contributed by atoms with Crippen LogP contribution in [0.2, 0.25) is 0 Å². The van der Waals surface area contributed by atoms with Crippen molar-refractivity contribution in [2.75, 3.05) is 7.11 Å². The van der Waals surface area contributed by atoms with Gasteiger partial charge in [0.1, 0.15) is 11.4 Å². The maximum Gasteiger partial charge on any atom is 0.284 e. The Bertz CT molecular complexity index is 2480. The quantitative estimate of drug-likeness (QED) is 0.111. The summed E-state index contributed by atoms with van der Waals surface area (Å²) in [5.41, 5.74) is 4.46. The van der Waals surface area contributed by atoms with Gasteiger partial charge in [-0.05, 0) is 84.0 Å². The van der Waals surface area contributed by atoms with Gasteiger partial charge in [0.25, 0.3) is 20.0 Å². The molecule has 0 atom stereocenters. The van der Waals surface area contributed by atoms with E-state index in [2.05, 4.69) is 39.7 Å². The van der Waals surface area contributed by atoms with Crippen LogP contribution in [0, 0.1) is 0 Å².